The summed E-state index contributed by atoms with van der Waals surface area (Å²) in [5.74, 6) is -1.61. The number of nitrogens with one attached hydrogen (secondary N) is 3. The van der Waals surface area contributed by atoms with Gasteiger partial charge in [0, 0.05) is 25.6 Å². The summed E-state index contributed by atoms with van der Waals surface area (Å²) in [5, 5.41) is 8.95. The molecule has 0 radical (unpaired) electrons. The van der Waals surface area contributed by atoms with Gasteiger partial charge in [0.05, 0.1) is 32.4 Å². The Morgan fingerprint density at radius 3 is 2.19 bits per heavy atom. The Bertz CT molecular complexity index is 1560. The maximum Gasteiger partial charge on any atom is 0.246 e. The number of nitrogens with zero attached hydrogens (tertiary/aromatic N) is 2. The Morgan fingerprint density at radius 1 is 0.981 bits per heavy atom. The van der Waals surface area contributed by atoms with Gasteiger partial charge < -0.3 is 30.3 Å². The van der Waals surface area contributed by atoms with Crippen LogP contribution in [0.2, 0.25) is 0 Å². The largest absolute Gasteiger partial charge is 0.379 e. The fraction of sp³-hybridized carbons (Fsp3) is 0.575. The van der Waals surface area contributed by atoms with Crippen LogP contribution in [0.1, 0.15) is 65.0 Å². The summed E-state index contributed by atoms with van der Waals surface area (Å²) in [5.41, 5.74) is -0.357. The molecule has 282 valence electrons. The van der Waals surface area contributed by atoms with E-state index in [1.165, 1.54) is 0 Å². The number of hydrogen-bond donors (Lipinski definition) is 3. The van der Waals surface area contributed by atoms with Gasteiger partial charge in [-0.1, -0.05) is 74.5 Å². The number of carbonyl (C=O) groups excluding carboxylic acids is 5. The molecule has 2 aromatic carbocycles. The summed E-state index contributed by atoms with van der Waals surface area (Å²) < 4.78 is 10.9. The lowest BCUT2D eigenvalue weighted by Crippen LogP contribution is -2.61. The predicted octanol–water partition coefficient (Wildman–Crippen LogP) is 2.43. The monoisotopic (exact) mass is 717 g/mol. The Morgan fingerprint density at radius 2 is 1.60 bits per heavy atom. The number of carbonyl (C=O) groups is 5. The molecule has 1 unspecified atom stereocenters. The van der Waals surface area contributed by atoms with Gasteiger partial charge >= 0.3 is 0 Å². The van der Waals surface area contributed by atoms with Crippen molar-refractivity contribution in [3.63, 3.8) is 0 Å². The molecule has 0 saturated carbocycles. The molecule has 3 N–H and O–H groups in total. The second kappa shape index (κ2) is 17.1. The summed E-state index contributed by atoms with van der Waals surface area (Å²) in [6.07, 6.45) is 1.78. The molecule has 3 aliphatic heterocycles. The number of ketones is 1. The molecule has 12 nitrogen and oxygen atoms in total. The van der Waals surface area contributed by atoms with Crippen molar-refractivity contribution in [1.29, 1.82) is 0 Å². The molecule has 3 aliphatic rings. The number of benzene rings is 2. The van der Waals surface area contributed by atoms with Gasteiger partial charge in [-0.25, -0.2) is 0 Å². The zero-order valence-electron chi connectivity index (χ0n) is 31.2. The first-order valence-corrected chi connectivity index (χ1v) is 18.6. The van der Waals surface area contributed by atoms with E-state index in [9.17, 15) is 24.0 Å². The highest BCUT2D eigenvalue weighted by Crippen LogP contribution is 2.30. The maximum atomic E-state index is 14.3. The van der Waals surface area contributed by atoms with E-state index in [2.05, 4.69) is 16.0 Å². The second-order valence-corrected chi connectivity index (χ2v) is 15.4. The number of rotatable bonds is 17. The van der Waals surface area contributed by atoms with Gasteiger partial charge in [-0.15, -0.1) is 0 Å². The van der Waals surface area contributed by atoms with Crippen LogP contribution in [0.4, 0.5) is 0 Å². The average Bonchev–Trinajstić information content (AvgIpc) is 3.82. The van der Waals surface area contributed by atoms with Gasteiger partial charge in [-0.2, -0.15) is 0 Å². The van der Waals surface area contributed by atoms with Crippen LogP contribution < -0.4 is 16.0 Å². The summed E-state index contributed by atoms with van der Waals surface area (Å²) in [7, 11) is 0. The number of aryl methyl sites for hydroxylation is 1. The molecule has 0 bridgehead atoms. The minimum Gasteiger partial charge on any atom is -0.379 e. The molecule has 12 heteroatoms. The van der Waals surface area contributed by atoms with Crippen LogP contribution in [0.3, 0.4) is 0 Å². The molecular weight excluding hydrogens is 662 g/mol. The van der Waals surface area contributed by atoms with Crippen LogP contribution in [-0.4, -0.2) is 114 Å². The number of amides is 4. The lowest BCUT2D eigenvalue weighted by molar-refractivity contribution is -0.142. The second-order valence-electron chi connectivity index (χ2n) is 15.4. The molecule has 6 atom stereocenters. The van der Waals surface area contributed by atoms with Crippen molar-refractivity contribution < 1.29 is 33.4 Å². The van der Waals surface area contributed by atoms with Gasteiger partial charge in [-0.3, -0.25) is 28.9 Å². The molecule has 0 spiro atoms. The summed E-state index contributed by atoms with van der Waals surface area (Å²) >= 11 is 0. The van der Waals surface area contributed by atoms with E-state index in [0.717, 1.165) is 11.1 Å². The van der Waals surface area contributed by atoms with Gasteiger partial charge in [0.1, 0.15) is 23.2 Å². The number of likely N-dealkylation sites (tertiary alicyclic amines) is 1. The van der Waals surface area contributed by atoms with Crippen molar-refractivity contribution in [2.45, 2.75) is 102 Å². The van der Waals surface area contributed by atoms with Crippen LogP contribution in [-0.2, 0) is 46.3 Å². The first kappa shape index (κ1) is 39.1. The fourth-order valence-corrected chi connectivity index (χ4v) is 7.18. The Balaban J connectivity index is 1.34. The summed E-state index contributed by atoms with van der Waals surface area (Å²) in [4.78, 5) is 73.0. The number of morpholine rings is 1. The minimum atomic E-state index is -1.32. The van der Waals surface area contributed by atoms with Gasteiger partial charge in [-0.05, 0) is 63.5 Å². The molecule has 3 saturated heterocycles. The van der Waals surface area contributed by atoms with Crippen molar-refractivity contribution in [1.82, 2.24) is 25.8 Å². The topological polar surface area (TPSA) is 150 Å². The molecule has 3 fully saturated rings. The SMILES string of the molecule is CC(C)C[C@H](NC(=O)[C@H](Cc1ccccc1)N1C(=O)[C@H](NC(=O)[C@@](C)(CCc2ccccc2)NC(=O)CN2CCOCC2)CC1C)C(=O)[C@]1(C)CO1. The highest BCUT2D eigenvalue weighted by Gasteiger charge is 2.51. The van der Waals surface area contributed by atoms with Crippen LogP contribution in [0.5, 0.6) is 0 Å². The molecule has 5 rings (SSSR count). The van der Waals surface area contributed by atoms with Crippen LogP contribution in [0, 0.1) is 5.92 Å². The molecule has 2 aromatic rings. The average molecular weight is 718 g/mol. The first-order chi connectivity index (χ1) is 24.8. The number of Topliss-reactive ketones (excluding diaryl/α,β-unsaturated/α-hetero) is 1. The van der Waals surface area contributed by atoms with Crippen LogP contribution in [0.15, 0.2) is 60.7 Å². The minimum absolute atomic E-state index is 0.127. The van der Waals surface area contributed by atoms with E-state index in [-0.39, 0.29) is 42.9 Å². The standard InChI is InChI=1S/C40H55N5O7/c1-27(2)22-31(35(47)40(5)26-52-40)41-36(48)33(24-30-14-10-7-11-15-30)45-28(3)23-32(37(45)49)42-38(50)39(4,17-16-29-12-8-6-9-13-29)43-34(46)25-44-18-20-51-21-19-44/h6-15,27-28,31-33H,16-26H2,1-5H3,(H,41,48)(H,42,50)(H,43,46)/t28?,31-,32+,33-,39+,40-/m0/s1. The van der Waals surface area contributed by atoms with E-state index < -0.39 is 47.1 Å². The van der Waals surface area contributed by atoms with Gasteiger partial charge in [0.2, 0.25) is 23.6 Å². The molecule has 52 heavy (non-hydrogen) atoms. The van der Waals surface area contributed by atoms with Crippen molar-refractivity contribution in [3.05, 3.63) is 71.8 Å². The van der Waals surface area contributed by atoms with Gasteiger partial charge in [0.15, 0.2) is 5.78 Å². The zero-order chi connectivity index (χ0) is 37.5. The van der Waals surface area contributed by atoms with Crippen molar-refractivity contribution in [3.8, 4) is 0 Å². The van der Waals surface area contributed by atoms with Gasteiger partial charge in [0.25, 0.3) is 0 Å². The van der Waals surface area contributed by atoms with E-state index in [0.29, 0.717) is 52.2 Å². The van der Waals surface area contributed by atoms with Crippen molar-refractivity contribution >= 4 is 29.4 Å². The summed E-state index contributed by atoms with van der Waals surface area (Å²) in [6.45, 7) is 12.1. The lowest BCUT2D eigenvalue weighted by atomic mass is 9.91. The highest BCUT2D eigenvalue weighted by molar-refractivity contribution is 6.00. The summed E-state index contributed by atoms with van der Waals surface area (Å²) in [6, 6.07) is 16.2. The number of ether oxygens (including phenoxy) is 2. The third-order valence-corrected chi connectivity index (χ3v) is 10.4. The number of epoxide rings is 1. The number of hydrogen-bond acceptors (Lipinski definition) is 8. The first-order valence-electron chi connectivity index (χ1n) is 18.6. The van der Waals surface area contributed by atoms with Crippen molar-refractivity contribution in [2.75, 3.05) is 39.5 Å². The van der Waals surface area contributed by atoms with Crippen LogP contribution in [0.25, 0.3) is 0 Å². The van der Waals surface area contributed by atoms with E-state index >= 15 is 0 Å². The normalized spacial score (nSPS) is 24.1. The van der Waals surface area contributed by atoms with E-state index in [4.69, 9.17) is 9.47 Å². The molecule has 0 aliphatic carbocycles. The van der Waals surface area contributed by atoms with E-state index in [1.54, 1.807) is 18.7 Å². The zero-order valence-corrected chi connectivity index (χ0v) is 31.2. The van der Waals surface area contributed by atoms with Crippen molar-refractivity contribution in [2.24, 2.45) is 5.92 Å². The molecule has 3 heterocycles. The maximum absolute atomic E-state index is 14.3. The Kier molecular flexibility index (Phi) is 12.9. The smallest absolute Gasteiger partial charge is 0.246 e. The molecule has 4 amide bonds. The molecular formula is C40H55N5O7. The third-order valence-electron chi connectivity index (χ3n) is 10.4. The Hall–Kier alpha value is -4.13. The third kappa shape index (κ3) is 10.0. The fourth-order valence-electron chi connectivity index (χ4n) is 7.18. The Labute approximate surface area is 307 Å². The predicted molar refractivity (Wildman–Crippen MR) is 196 cm³/mol. The lowest BCUT2D eigenvalue weighted by Gasteiger charge is -2.33. The van der Waals surface area contributed by atoms with E-state index in [1.807, 2.05) is 86.3 Å². The molecule has 0 aromatic heterocycles. The highest BCUT2D eigenvalue weighted by atomic mass is 16.6. The quantitative estimate of drug-likeness (QED) is 0.212. The van der Waals surface area contributed by atoms with Crippen LogP contribution >= 0.6 is 0 Å².